The molecule has 3 N–H and O–H groups in total. The van der Waals surface area contributed by atoms with Gasteiger partial charge >= 0.3 is 0 Å². The molecular weight excluding hydrogens is 218 g/mol. The first-order valence-electron chi connectivity index (χ1n) is 5.77. The second-order valence-electron chi connectivity index (χ2n) is 4.37. The normalized spacial score (nSPS) is 12.6. The Balaban J connectivity index is 2.85. The van der Waals surface area contributed by atoms with Gasteiger partial charge in [0.1, 0.15) is 0 Å². The van der Waals surface area contributed by atoms with Gasteiger partial charge in [0.05, 0.1) is 19.8 Å². The number of nitrogens with two attached hydrogens (primary N) is 1. The molecule has 0 spiro atoms. The van der Waals surface area contributed by atoms with Gasteiger partial charge in [-0.25, -0.2) is 0 Å². The number of ether oxygens (including phenoxy) is 2. The summed E-state index contributed by atoms with van der Waals surface area (Å²) in [4.78, 5) is 0. The second kappa shape index (κ2) is 6.47. The van der Waals surface area contributed by atoms with Crippen LogP contribution in [0.3, 0.4) is 0 Å². The summed E-state index contributed by atoms with van der Waals surface area (Å²) in [5.74, 6) is 1.76. The van der Waals surface area contributed by atoms with Crippen LogP contribution in [-0.2, 0) is 0 Å². The van der Waals surface area contributed by atoms with Crippen molar-refractivity contribution in [3.05, 3.63) is 23.8 Å². The van der Waals surface area contributed by atoms with Gasteiger partial charge in [-0.1, -0.05) is 19.9 Å². The second-order valence-corrected chi connectivity index (χ2v) is 4.37. The average molecular weight is 239 g/mol. The van der Waals surface area contributed by atoms with E-state index in [-0.39, 0.29) is 6.54 Å². The van der Waals surface area contributed by atoms with Crippen molar-refractivity contribution in [2.45, 2.75) is 20.0 Å². The Labute approximate surface area is 102 Å². The average Bonchev–Trinajstić information content (AvgIpc) is 2.34. The van der Waals surface area contributed by atoms with Crippen molar-refractivity contribution in [1.29, 1.82) is 0 Å². The molecule has 1 rings (SSSR count). The molecule has 0 bridgehead atoms. The predicted molar refractivity (Wildman–Crippen MR) is 67.3 cm³/mol. The van der Waals surface area contributed by atoms with E-state index in [4.69, 9.17) is 15.2 Å². The van der Waals surface area contributed by atoms with Crippen LogP contribution in [0.1, 0.15) is 25.5 Å². The number of hydrogen-bond acceptors (Lipinski definition) is 4. The third-order valence-corrected chi connectivity index (χ3v) is 2.37. The maximum Gasteiger partial charge on any atom is 0.161 e. The summed E-state index contributed by atoms with van der Waals surface area (Å²) in [5, 5.41) is 9.64. The molecule has 0 radical (unpaired) electrons. The molecule has 0 saturated heterocycles. The maximum absolute atomic E-state index is 9.64. The minimum absolute atomic E-state index is 0.190. The van der Waals surface area contributed by atoms with Crippen molar-refractivity contribution < 1.29 is 14.6 Å². The number of rotatable bonds is 6. The fourth-order valence-corrected chi connectivity index (χ4v) is 1.40. The number of hydrogen-bond donors (Lipinski definition) is 2. The molecule has 0 heterocycles. The van der Waals surface area contributed by atoms with Crippen LogP contribution in [0.4, 0.5) is 0 Å². The molecule has 0 fully saturated rings. The monoisotopic (exact) mass is 239 g/mol. The molecule has 0 saturated carbocycles. The maximum atomic E-state index is 9.64. The van der Waals surface area contributed by atoms with Gasteiger partial charge in [0.25, 0.3) is 0 Å². The number of aliphatic hydroxyl groups excluding tert-OH is 1. The van der Waals surface area contributed by atoms with Crippen molar-refractivity contribution in [2.75, 3.05) is 20.3 Å². The predicted octanol–water partition coefficient (Wildman–Crippen LogP) is 1.72. The Morgan fingerprint density at radius 3 is 2.53 bits per heavy atom. The highest BCUT2D eigenvalue weighted by molar-refractivity contribution is 5.43. The van der Waals surface area contributed by atoms with E-state index in [1.807, 2.05) is 0 Å². The van der Waals surface area contributed by atoms with Gasteiger partial charge < -0.3 is 20.3 Å². The molecule has 0 aromatic heterocycles. The summed E-state index contributed by atoms with van der Waals surface area (Å²) in [5.41, 5.74) is 6.15. The van der Waals surface area contributed by atoms with Crippen molar-refractivity contribution in [2.24, 2.45) is 11.7 Å². The molecule has 4 heteroatoms. The van der Waals surface area contributed by atoms with Crippen LogP contribution in [0.2, 0.25) is 0 Å². The largest absolute Gasteiger partial charge is 0.493 e. The number of benzene rings is 1. The van der Waals surface area contributed by atoms with Gasteiger partial charge in [0.2, 0.25) is 0 Å². The third-order valence-electron chi connectivity index (χ3n) is 2.37. The minimum Gasteiger partial charge on any atom is -0.493 e. The first-order valence-corrected chi connectivity index (χ1v) is 5.77. The summed E-state index contributed by atoms with van der Waals surface area (Å²) < 4.78 is 10.9. The molecule has 1 unspecified atom stereocenters. The van der Waals surface area contributed by atoms with E-state index in [0.29, 0.717) is 24.0 Å². The van der Waals surface area contributed by atoms with Gasteiger partial charge in [0, 0.05) is 6.54 Å². The summed E-state index contributed by atoms with van der Waals surface area (Å²) in [6.45, 7) is 4.99. The van der Waals surface area contributed by atoms with Crippen molar-refractivity contribution in [3.63, 3.8) is 0 Å². The lowest BCUT2D eigenvalue weighted by molar-refractivity contribution is 0.186. The van der Waals surface area contributed by atoms with Crippen LogP contribution in [-0.4, -0.2) is 25.4 Å². The van der Waals surface area contributed by atoms with Gasteiger partial charge in [-0.15, -0.1) is 0 Å². The molecule has 96 valence electrons. The Hall–Kier alpha value is -1.26. The Morgan fingerprint density at radius 2 is 2.00 bits per heavy atom. The van der Waals surface area contributed by atoms with E-state index in [1.54, 1.807) is 25.3 Å². The molecule has 0 aliphatic heterocycles. The fourth-order valence-electron chi connectivity index (χ4n) is 1.40. The zero-order chi connectivity index (χ0) is 12.8. The summed E-state index contributed by atoms with van der Waals surface area (Å²) >= 11 is 0. The van der Waals surface area contributed by atoms with Gasteiger partial charge in [-0.2, -0.15) is 0 Å². The van der Waals surface area contributed by atoms with Crippen LogP contribution in [0, 0.1) is 5.92 Å². The van der Waals surface area contributed by atoms with Crippen LogP contribution in [0.25, 0.3) is 0 Å². The third kappa shape index (κ3) is 3.91. The Bertz CT molecular complexity index is 353. The zero-order valence-electron chi connectivity index (χ0n) is 10.6. The zero-order valence-corrected chi connectivity index (χ0v) is 10.6. The standard InChI is InChI=1S/C13H21NO3/c1-9(2)8-17-12-5-4-10(11(15)7-14)6-13(12)16-3/h4-6,9,11,15H,7-8,14H2,1-3H3. The van der Waals surface area contributed by atoms with E-state index >= 15 is 0 Å². The van der Waals surface area contributed by atoms with Gasteiger partial charge in [-0.05, 0) is 23.6 Å². The molecule has 0 amide bonds. The van der Waals surface area contributed by atoms with Gasteiger partial charge in [-0.3, -0.25) is 0 Å². The van der Waals surface area contributed by atoms with Crippen LogP contribution in [0.5, 0.6) is 11.5 Å². The van der Waals surface area contributed by atoms with E-state index in [0.717, 1.165) is 5.56 Å². The van der Waals surface area contributed by atoms with Crippen molar-refractivity contribution >= 4 is 0 Å². The Morgan fingerprint density at radius 1 is 1.29 bits per heavy atom. The quantitative estimate of drug-likeness (QED) is 0.793. The first-order chi connectivity index (χ1) is 8.08. The van der Waals surface area contributed by atoms with Crippen molar-refractivity contribution in [3.8, 4) is 11.5 Å². The molecule has 4 nitrogen and oxygen atoms in total. The fraction of sp³-hybridized carbons (Fsp3) is 0.538. The summed E-state index contributed by atoms with van der Waals surface area (Å²) in [6.07, 6.45) is -0.664. The van der Waals surface area contributed by atoms with Crippen LogP contribution in [0.15, 0.2) is 18.2 Å². The van der Waals surface area contributed by atoms with Crippen LogP contribution < -0.4 is 15.2 Å². The van der Waals surface area contributed by atoms with E-state index in [9.17, 15) is 5.11 Å². The minimum atomic E-state index is -0.664. The number of aliphatic hydroxyl groups is 1. The van der Waals surface area contributed by atoms with Gasteiger partial charge in [0.15, 0.2) is 11.5 Å². The highest BCUT2D eigenvalue weighted by Gasteiger charge is 2.11. The van der Waals surface area contributed by atoms with E-state index in [2.05, 4.69) is 13.8 Å². The molecule has 17 heavy (non-hydrogen) atoms. The molecule has 1 atom stereocenters. The first kappa shape index (κ1) is 13.8. The lowest BCUT2D eigenvalue weighted by Crippen LogP contribution is -2.12. The lowest BCUT2D eigenvalue weighted by atomic mass is 10.1. The smallest absolute Gasteiger partial charge is 0.161 e. The SMILES string of the molecule is COc1cc(C(O)CN)ccc1OCC(C)C. The highest BCUT2D eigenvalue weighted by atomic mass is 16.5. The molecular formula is C13H21NO3. The summed E-state index contributed by atoms with van der Waals surface area (Å²) in [6, 6.07) is 5.36. The molecule has 0 aliphatic rings. The number of methoxy groups -OCH3 is 1. The van der Waals surface area contributed by atoms with E-state index in [1.165, 1.54) is 0 Å². The Kier molecular flexibility index (Phi) is 5.25. The highest BCUT2D eigenvalue weighted by Crippen LogP contribution is 2.30. The van der Waals surface area contributed by atoms with Crippen LogP contribution >= 0.6 is 0 Å². The molecule has 1 aromatic rings. The molecule has 0 aliphatic carbocycles. The summed E-state index contributed by atoms with van der Waals surface area (Å²) in [7, 11) is 1.58. The van der Waals surface area contributed by atoms with Crippen molar-refractivity contribution in [1.82, 2.24) is 0 Å². The topological polar surface area (TPSA) is 64.7 Å². The van der Waals surface area contributed by atoms with E-state index < -0.39 is 6.10 Å². The molecule has 1 aromatic carbocycles. The lowest BCUT2D eigenvalue weighted by Gasteiger charge is -2.15.